The van der Waals surface area contributed by atoms with Gasteiger partial charge in [-0.3, -0.25) is 4.98 Å². The Hall–Kier alpha value is -2.40. The lowest BCUT2D eigenvalue weighted by molar-refractivity contribution is 0.00715. The van der Waals surface area contributed by atoms with Crippen molar-refractivity contribution < 1.29 is 9.90 Å². The molecule has 1 aromatic carbocycles. The molecule has 1 heterocycles. The molecule has 0 radical (unpaired) electrons. The van der Waals surface area contributed by atoms with Crippen molar-refractivity contribution in [1.82, 2.24) is 15.6 Å². The van der Waals surface area contributed by atoms with Gasteiger partial charge in [-0.25, -0.2) is 4.79 Å². The number of benzene rings is 1. The Kier molecular flexibility index (Phi) is 6.11. The third-order valence-corrected chi connectivity index (χ3v) is 5.39. The van der Waals surface area contributed by atoms with E-state index in [0.29, 0.717) is 0 Å². The van der Waals surface area contributed by atoms with Gasteiger partial charge in [0.05, 0.1) is 11.6 Å². The molecule has 0 spiro atoms. The van der Waals surface area contributed by atoms with Crippen LogP contribution in [0.25, 0.3) is 0 Å². The number of nitrogens with zero attached hydrogens (tertiary/aromatic N) is 1. The molecule has 5 nitrogen and oxygen atoms in total. The fourth-order valence-electron chi connectivity index (χ4n) is 3.85. The molecule has 5 heteroatoms. The van der Waals surface area contributed by atoms with Crippen LogP contribution in [0.15, 0.2) is 42.7 Å². The third kappa shape index (κ3) is 5.07. The standard InChI is InChI=1S/C22H29N3O2/c1-16-8-9-19(17(2)13-16)20(18-7-6-12-23-14-18)25-21(26)24-15-22(27)10-4-3-5-11-22/h6-9,12-14,20,27H,3-5,10-11,15H2,1-2H3,(H2,24,25,26)/t20-/m0/s1. The zero-order chi connectivity index (χ0) is 19.3. The number of carbonyl (C=O) groups excluding carboxylic acids is 1. The fourth-order valence-corrected chi connectivity index (χ4v) is 3.85. The van der Waals surface area contributed by atoms with Gasteiger partial charge in [-0.2, -0.15) is 0 Å². The van der Waals surface area contributed by atoms with Gasteiger partial charge in [-0.1, -0.05) is 49.1 Å². The van der Waals surface area contributed by atoms with Crippen molar-refractivity contribution in [3.63, 3.8) is 0 Å². The Morgan fingerprint density at radius 1 is 1.22 bits per heavy atom. The number of hydrogen-bond donors (Lipinski definition) is 3. The van der Waals surface area contributed by atoms with Crippen LogP contribution in [0, 0.1) is 13.8 Å². The number of carbonyl (C=O) groups is 1. The van der Waals surface area contributed by atoms with Crippen molar-refractivity contribution >= 4 is 6.03 Å². The number of aromatic nitrogens is 1. The van der Waals surface area contributed by atoms with Gasteiger partial charge in [0, 0.05) is 18.9 Å². The first-order chi connectivity index (χ1) is 13.0. The van der Waals surface area contributed by atoms with Crippen LogP contribution >= 0.6 is 0 Å². The molecule has 1 atom stereocenters. The number of nitrogens with one attached hydrogen (secondary N) is 2. The molecule has 1 fully saturated rings. The largest absolute Gasteiger partial charge is 0.388 e. The normalized spacial score (nSPS) is 17.1. The molecule has 1 saturated carbocycles. The lowest BCUT2D eigenvalue weighted by Gasteiger charge is -2.32. The minimum absolute atomic E-state index is 0.275. The minimum atomic E-state index is -0.779. The van der Waals surface area contributed by atoms with E-state index in [4.69, 9.17) is 0 Å². The van der Waals surface area contributed by atoms with E-state index in [-0.39, 0.29) is 18.6 Å². The molecule has 27 heavy (non-hydrogen) atoms. The van der Waals surface area contributed by atoms with Crippen LogP contribution in [0.5, 0.6) is 0 Å². The van der Waals surface area contributed by atoms with Crippen LogP contribution in [-0.2, 0) is 0 Å². The topological polar surface area (TPSA) is 74.2 Å². The Balaban J connectivity index is 1.74. The maximum absolute atomic E-state index is 12.6. The monoisotopic (exact) mass is 367 g/mol. The number of pyridine rings is 1. The Morgan fingerprint density at radius 2 is 2.00 bits per heavy atom. The van der Waals surface area contributed by atoms with Gasteiger partial charge in [-0.05, 0) is 49.4 Å². The van der Waals surface area contributed by atoms with E-state index >= 15 is 0 Å². The predicted octanol–water partition coefficient (Wildman–Crippen LogP) is 3.78. The van der Waals surface area contributed by atoms with E-state index in [1.165, 1.54) is 5.56 Å². The summed E-state index contributed by atoms with van der Waals surface area (Å²) in [6, 6.07) is 9.49. The van der Waals surface area contributed by atoms with Crippen LogP contribution in [0.3, 0.4) is 0 Å². The van der Waals surface area contributed by atoms with Crippen LogP contribution in [-0.4, -0.2) is 28.3 Å². The Morgan fingerprint density at radius 3 is 2.67 bits per heavy atom. The van der Waals surface area contributed by atoms with Crippen LogP contribution in [0.1, 0.15) is 60.4 Å². The lowest BCUT2D eigenvalue weighted by Crippen LogP contribution is -2.48. The third-order valence-electron chi connectivity index (χ3n) is 5.39. The minimum Gasteiger partial charge on any atom is -0.388 e. The summed E-state index contributed by atoms with van der Waals surface area (Å²) in [5, 5.41) is 16.5. The number of hydrogen-bond acceptors (Lipinski definition) is 3. The summed E-state index contributed by atoms with van der Waals surface area (Å²) in [5.41, 5.74) is 3.50. The van der Waals surface area contributed by atoms with E-state index in [9.17, 15) is 9.90 Å². The first-order valence-electron chi connectivity index (χ1n) is 9.71. The summed E-state index contributed by atoms with van der Waals surface area (Å²) in [6.45, 7) is 4.39. The van der Waals surface area contributed by atoms with E-state index < -0.39 is 5.60 Å². The smallest absolute Gasteiger partial charge is 0.315 e. The average molecular weight is 367 g/mol. The van der Waals surface area contributed by atoms with E-state index in [2.05, 4.69) is 47.7 Å². The highest BCUT2D eigenvalue weighted by molar-refractivity contribution is 5.75. The second-order valence-electron chi connectivity index (χ2n) is 7.69. The number of aryl methyl sites for hydroxylation is 2. The van der Waals surface area contributed by atoms with Crippen molar-refractivity contribution in [2.45, 2.75) is 57.6 Å². The van der Waals surface area contributed by atoms with Crippen molar-refractivity contribution in [3.8, 4) is 0 Å². The Labute approximate surface area is 161 Å². The van der Waals surface area contributed by atoms with Crippen LogP contribution in [0.2, 0.25) is 0 Å². The molecule has 0 unspecified atom stereocenters. The second-order valence-corrected chi connectivity index (χ2v) is 7.69. The molecule has 2 amide bonds. The number of aliphatic hydroxyl groups is 1. The Bertz CT molecular complexity index is 770. The predicted molar refractivity (Wildman–Crippen MR) is 107 cm³/mol. The summed E-state index contributed by atoms with van der Waals surface area (Å²) >= 11 is 0. The zero-order valence-corrected chi connectivity index (χ0v) is 16.2. The number of rotatable bonds is 5. The lowest BCUT2D eigenvalue weighted by atomic mass is 9.85. The van der Waals surface area contributed by atoms with Gasteiger partial charge in [0.1, 0.15) is 0 Å². The van der Waals surface area contributed by atoms with Gasteiger partial charge in [0.2, 0.25) is 0 Å². The van der Waals surface area contributed by atoms with Crippen molar-refractivity contribution in [2.24, 2.45) is 0 Å². The molecule has 144 valence electrons. The zero-order valence-electron chi connectivity index (χ0n) is 16.2. The molecule has 0 aliphatic heterocycles. The van der Waals surface area contributed by atoms with Gasteiger partial charge in [0.15, 0.2) is 0 Å². The first kappa shape index (κ1) is 19.4. The highest BCUT2D eigenvalue weighted by Gasteiger charge is 2.30. The summed E-state index contributed by atoms with van der Waals surface area (Å²) in [6.07, 6.45) is 8.18. The van der Waals surface area contributed by atoms with Gasteiger partial charge >= 0.3 is 6.03 Å². The van der Waals surface area contributed by atoms with Crippen molar-refractivity contribution in [3.05, 3.63) is 65.0 Å². The maximum atomic E-state index is 12.6. The molecule has 1 aliphatic rings. The first-order valence-corrected chi connectivity index (χ1v) is 9.71. The molecule has 0 bridgehead atoms. The molecule has 1 aromatic heterocycles. The summed E-state index contributed by atoms with van der Waals surface area (Å²) < 4.78 is 0. The number of amides is 2. The van der Waals surface area contributed by atoms with Crippen LogP contribution < -0.4 is 10.6 Å². The van der Waals surface area contributed by atoms with E-state index in [1.54, 1.807) is 12.4 Å². The quantitative estimate of drug-likeness (QED) is 0.753. The molecule has 3 N–H and O–H groups in total. The highest BCUT2D eigenvalue weighted by atomic mass is 16.3. The average Bonchev–Trinajstić information content (AvgIpc) is 2.66. The van der Waals surface area contributed by atoms with E-state index in [0.717, 1.165) is 48.8 Å². The molecule has 2 aromatic rings. The molecule has 0 saturated heterocycles. The van der Waals surface area contributed by atoms with Gasteiger partial charge in [0.25, 0.3) is 0 Å². The van der Waals surface area contributed by atoms with Crippen molar-refractivity contribution in [1.29, 1.82) is 0 Å². The number of urea groups is 1. The van der Waals surface area contributed by atoms with Gasteiger partial charge in [-0.15, -0.1) is 0 Å². The van der Waals surface area contributed by atoms with E-state index in [1.807, 2.05) is 12.1 Å². The van der Waals surface area contributed by atoms with Crippen LogP contribution in [0.4, 0.5) is 4.79 Å². The van der Waals surface area contributed by atoms with Gasteiger partial charge < -0.3 is 15.7 Å². The summed E-state index contributed by atoms with van der Waals surface area (Å²) in [4.78, 5) is 16.8. The SMILES string of the molecule is Cc1ccc([C@@H](NC(=O)NCC2(O)CCCCC2)c2cccnc2)c(C)c1. The molecule has 1 aliphatic carbocycles. The molecule has 3 rings (SSSR count). The second kappa shape index (κ2) is 8.53. The van der Waals surface area contributed by atoms with Crippen molar-refractivity contribution in [2.75, 3.05) is 6.54 Å². The molecular weight excluding hydrogens is 338 g/mol. The summed E-state index contributed by atoms with van der Waals surface area (Å²) in [7, 11) is 0. The highest BCUT2D eigenvalue weighted by Crippen LogP contribution is 2.28. The maximum Gasteiger partial charge on any atom is 0.315 e. The fraction of sp³-hybridized carbons (Fsp3) is 0.455. The summed E-state index contributed by atoms with van der Waals surface area (Å²) in [5.74, 6) is 0. The molecular formula is C22H29N3O2.